The summed E-state index contributed by atoms with van der Waals surface area (Å²) >= 11 is 0. The van der Waals surface area contributed by atoms with Gasteiger partial charge in [-0.05, 0) is 83.4 Å². The van der Waals surface area contributed by atoms with Gasteiger partial charge in [-0.25, -0.2) is 0 Å². The molecule has 0 fully saturated rings. The van der Waals surface area contributed by atoms with Crippen LogP contribution in [0.5, 0.6) is 23.0 Å². The first-order valence-corrected chi connectivity index (χ1v) is 15.6. The number of hydrogen-bond donors (Lipinski definition) is 1. The van der Waals surface area contributed by atoms with Gasteiger partial charge in [0.25, 0.3) is 0 Å². The molecule has 0 aliphatic carbocycles. The highest BCUT2D eigenvalue weighted by Gasteiger charge is 2.17. The molecule has 47 heavy (non-hydrogen) atoms. The van der Waals surface area contributed by atoms with Crippen molar-refractivity contribution < 1.29 is 18.9 Å². The number of aliphatic imine (C=N–C) groups is 1. The number of nitrogens with one attached hydrogen (secondary N) is 1. The Morgan fingerprint density at radius 1 is 0.745 bits per heavy atom. The van der Waals surface area contributed by atoms with Gasteiger partial charge in [0, 0.05) is 5.71 Å². The van der Waals surface area contributed by atoms with Gasteiger partial charge in [0.15, 0.2) is 23.0 Å². The topological polar surface area (TPSA) is 87.1 Å². The molecule has 3 aromatic rings. The summed E-state index contributed by atoms with van der Waals surface area (Å²) in [5.74, 6) is 2.62. The molecule has 0 radical (unpaired) electrons. The third-order valence-electron chi connectivity index (χ3n) is 7.97. The minimum Gasteiger partial charge on any atom is -0.493 e. The Kier molecular flexibility index (Phi) is 11.8. The van der Waals surface area contributed by atoms with E-state index >= 15 is 0 Å². The lowest BCUT2D eigenvalue weighted by Crippen LogP contribution is -2.37. The fraction of sp³-hybridized carbons (Fsp3) is 0.308. The minimum absolute atomic E-state index is 0.182. The van der Waals surface area contributed by atoms with Gasteiger partial charge in [-0.2, -0.15) is 0 Å². The molecule has 1 atom stereocenters. The Labute approximate surface area is 279 Å². The summed E-state index contributed by atoms with van der Waals surface area (Å²) in [6.45, 7) is 21.1. The lowest BCUT2D eigenvalue weighted by Gasteiger charge is -2.24. The van der Waals surface area contributed by atoms with Crippen LogP contribution < -0.4 is 24.3 Å². The van der Waals surface area contributed by atoms with E-state index in [0.717, 1.165) is 62.2 Å². The molecule has 2 aromatic carbocycles. The van der Waals surface area contributed by atoms with Gasteiger partial charge < -0.3 is 24.3 Å². The number of rotatable bonds is 14. The van der Waals surface area contributed by atoms with Crippen molar-refractivity contribution in [1.29, 1.82) is 0 Å². The molecule has 1 aliphatic rings. The smallest absolute Gasteiger partial charge is 0.161 e. The third kappa shape index (κ3) is 9.45. The van der Waals surface area contributed by atoms with Crippen molar-refractivity contribution in [3.63, 3.8) is 0 Å². The minimum atomic E-state index is 0.182. The second-order valence-corrected chi connectivity index (χ2v) is 11.7. The standard InChI is InChI=1S/C39H46N4O4/c1-24(11-13-32-15-17-36(38(20-32)44-9)46-22-34-30(7)40-26(3)28(5)42-34)19-25(2)12-14-33-16-18-37(39(21-33)45-10)47-23-35-31(8)41-27(4)29(6)43-35/h11-18,20-21,28,42H,1-2,19,22-23H2,3-10H3/b13-11+,14-12+. The molecule has 1 N–H and O–H groups in total. The fourth-order valence-electron chi connectivity index (χ4n) is 4.89. The summed E-state index contributed by atoms with van der Waals surface area (Å²) in [7, 11) is 3.27. The molecule has 4 rings (SSSR count). The van der Waals surface area contributed by atoms with E-state index in [1.54, 1.807) is 14.2 Å². The normalized spacial score (nSPS) is 14.6. The number of benzene rings is 2. The third-order valence-corrected chi connectivity index (χ3v) is 7.97. The van der Waals surface area contributed by atoms with Crippen molar-refractivity contribution in [3.05, 3.63) is 118 Å². The number of allylic oxidation sites excluding steroid dienone is 5. The maximum Gasteiger partial charge on any atom is 0.161 e. The van der Waals surface area contributed by atoms with Gasteiger partial charge in [-0.1, -0.05) is 60.7 Å². The summed E-state index contributed by atoms with van der Waals surface area (Å²) in [6, 6.07) is 11.9. The van der Waals surface area contributed by atoms with E-state index in [4.69, 9.17) is 18.9 Å². The lowest BCUT2D eigenvalue weighted by atomic mass is 10.0. The first kappa shape index (κ1) is 34.8. The van der Waals surface area contributed by atoms with Crippen LogP contribution in [0.3, 0.4) is 0 Å². The molecule has 0 spiro atoms. The van der Waals surface area contributed by atoms with Crippen LogP contribution in [0.25, 0.3) is 12.2 Å². The number of aromatic nitrogens is 2. The molecule has 1 unspecified atom stereocenters. The monoisotopic (exact) mass is 634 g/mol. The molecular formula is C39H46N4O4. The van der Waals surface area contributed by atoms with Gasteiger partial charge in [-0.15, -0.1) is 0 Å². The zero-order chi connectivity index (χ0) is 34.1. The molecule has 1 aromatic heterocycles. The highest BCUT2D eigenvalue weighted by molar-refractivity contribution is 5.88. The number of hydrogen-bond acceptors (Lipinski definition) is 8. The molecule has 0 saturated heterocycles. The zero-order valence-corrected chi connectivity index (χ0v) is 28.9. The van der Waals surface area contributed by atoms with Gasteiger partial charge in [0.2, 0.25) is 0 Å². The Morgan fingerprint density at radius 2 is 1.28 bits per heavy atom. The van der Waals surface area contributed by atoms with Gasteiger partial charge in [-0.3, -0.25) is 15.0 Å². The molecule has 1 aliphatic heterocycles. The van der Waals surface area contributed by atoms with Crippen molar-refractivity contribution >= 4 is 17.9 Å². The molecule has 0 bridgehead atoms. The Morgan fingerprint density at radius 3 is 1.83 bits per heavy atom. The van der Waals surface area contributed by atoms with Crippen molar-refractivity contribution in [2.24, 2.45) is 4.99 Å². The van der Waals surface area contributed by atoms with Gasteiger partial charge >= 0.3 is 0 Å². The van der Waals surface area contributed by atoms with Crippen LogP contribution in [-0.2, 0) is 6.61 Å². The average Bonchev–Trinajstić information content (AvgIpc) is 3.05. The summed E-state index contributed by atoms with van der Waals surface area (Å²) < 4.78 is 23.3. The van der Waals surface area contributed by atoms with E-state index in [0.29, 0.717) is 42.6 Å². The van der Waals surface area contributed by atoms with E-state index in [1.165, 1.54) is 0 Å². The second kappa shape index (κ2) is 15.9. The Hall–Kier alpha value is -5.11. The van der Waals surface area contributed by atoms with E-state index < -0.39 is 0 Å². The van der Waals surface area contributed by atoms with Crippen molar-refractivity contribution in [2.45, 2.75) is 60.6 Å². The fourth-order valence-corrected chi connectivity index (χ4v) is 4.89. The van der Waals surface area contributed by atoms with E-state index in [-0.39, 0.29) is 6.04 Å². The number of methoxy groups -OCH3 is 2. The predicted molar refractivity (Wildman–Crippen MR) is 191 cm³/mol. The summed E-state index contributed by atoms with van der Waals surface area (Å²) in [6.07, 6.45) is 8.62. The van der Waals surface area contributed by atoms with Crippen molar-refractivity contribution in [2.75, 3.05) is 20.8 Å². The average molecular weight is 635 g/mol. The van der Waals surface area contributed by atoms with Crippen LogP contribution in [0.2, 0.25) is 0 Å². The number of nitrogens with zero attached hydrogens (tertiary/aromatic N) is 3. The SMILES string of the molecule is C=C(/C=C/c1ccc(OCC2=C(C)N=C(C)C(C)N2)c(OC)c1)CC(=C)/C=C/c1ccc(OCc2nc(C)c(C)nc2C)c(OC)c1. The van der Waals surface area contributed by atoms with Crippen molar-refractivity contribution in [1.82, 2.24) is 15.3 Å². The molecule has 8 heteroatoms. The van der Waals surface area contributed by atoms with E-state index in [1.807, 2.05) is 95.3 Å². The summed E-state index contributed by atoms with van der Waals surface area (Å²) in [5, 5.41) is 3.46. The molecular weight excluding hydrogens is 588 g/mol. The predicted octanol–water partition coefficient (Wildman–Crippen LogP) is 8.29. The molecule has 8 nitrogen and oxygen atoms in total. The summed E-state index contributed by atoms with van der Waals surface area (Å²) in [5.41, 5.74) is 10.3. The largest absolute Gasteiger partial charge is 0.493 e. The van der Waals surface area contributed by atoms with Crippen LogP contribution in [0.1, 0.15) is 61.1 Å². The highest BCUT2D eigenvalue weighted by Crippen LogP contribution is 2.31. The van der Waals surface area contributed by atoms with Crippen LogP contribution in [0, 0.1) is 20.8 Å². The highest BCUT2D eigenvalue weighted by atomic mass is 16.5. The van der Waals surface area contributed by atoms with Gasteiger partial charge in [0.1, 0.15) is 13.2 Å². The maximum atomic E-state index is 6.09. The van der Waals surface area contributed by atoms with Gasteiger partial charge in [0.05, 0.1) is 54.4 Å². The van der Waals surface area contributed by atoms with Crippen molar-refractivity contribution in [3.8, 4) is 23.0 Å². The molecule has 246 valence electrons. The molecule has 0 saturated carbocycles. The lowest BCUT2D eigenvalue weighted by molar-refractivity contribution is 0.279. The van der Waals surface area contributed by atoms with Crippen LogP contribution >= 0.6 is 0 Å². The van der Waals surface area contributed by atoms with E-state index in [9.17, 15) is 0 Å². The first-order chi connectivity index (χ1) is 22.5. The second-order valence-electron chi connectivity index (χ2n) is 11.7. The number of aryl methyl sites for hydroxylation is 3. The zero-order valence-electron chi connectivity index (χ0n) is 28.9. The number of ether oxygens (including phenoxy) is 4. The Balaban J connectivity index is 1.31. The van der Waals surface area contributed by atoms with Crippen LogP contribution in [0.4, 0.5) is 0 Å². The molecule has 0 amide bonds. The van der Waals surface area contributed by atoms with Crippen LogP contribution in [0.15, 0.2) is 89.2 Å². The first-order valence-electron chi connectivity index (χ1n) is 15.6. The maximum absolute atomic E-state index is 6.09. The Bertz CT molecular complexity index is 1770. The summed E-state index contributed by atoms with van der Waals surface area (Å²) in [4.78, 5) is 13.8. The van der Waals surface area contributed by atoms with E-state index in [2.05, 4.69) is 40.4 Å². The molecule has 2 heterocycles. The van der Waals surface area contributed by atoms with Crippen LogP contribution in [-0.4, -0.2) is 42.5 Å². The quantitative estimate of drug-likeness (QED) is 0.179.